The van der Waals surface area contributed by atoms with Crippen LogP contribution in [-0.4, -0.2) is 30.1 Å². The molecule has 4 heteroatoms. The zero-order chi connectivity index (χ0) is 15.8. The second-order valence-electron chi connectivity index (χ2n) is 6.50. The minimum absolute atomic E-state index is 0.366. The molecule has 1 rings (SSSR count). The van der Waals surface area contributed by atoms with Crippen molar-refractivity contribution in [2.45, 2.75) is 59.9 Å². The van der Waals surface area contributed by atoms with Gasteiger partial charge in [-0.05, 0) is 25.3 Å². The molecule has 1 aromatic rings. The average molecular weight is 292 g/mol. The summed E-state index contributed by atoms with van der Waals surface area (Å²) in [5.74, 6) is 2.01. The molecule has 0 aliphatic rings. The van der Waals surface area contributed by atoms with E-state index in [2.05, 4.69) is 56.9 Å². The maximum atomic E-state index is 4.78. The molecule has 1 heterocycles. The summed E-state index contributed by atoms with van der Waals surface area (Å²) in [7, 11) is 2.14. The van der Waals surface area contributed by atoms with Gasteiger partial charge in [-0.1, -0.05) is 34.6 Å². The van der Waals surface area contributed by atoms with Crippen LogP contribution in [-0.2, 0) is 6.54 Å². The van der Waals surface area contributed by atoms with Crippen molar-refractivity contribution in [2.75, 3.05) is 25.0 Å². The minimum Gasteiger partial charge on any atom is -0.372 e. The Bertz CT molecular complexity index is 415. The fraction of sp³-hybridized carbons (Fsp3) is 0.765. The van der Waals surface area contributed by atoms with Crippen molar-refractivity contribution in [1.29, 1.82) is 0 Å². The van der Waals surface area contributed by atoms with Crippen LogP contribution in [0.2, 0.25) is 0 Å². The summed E-state index contributed by atoms with van der Waals surface area (Å²) in [4.78, 5) is 11.6. The van der Waals surface area contributed by atoms with E-state index in [-0.39, 0.29) is 0 Å². The normalized spacial score (nSPS) is 11.4. The van der Waals surface area contributed by atoms with Crippen molar-refractivity contribution >= 4 is 5.69 Å². The first-order valence-corrected chi connectivity index (χ1v) is 8.23. The molecule has 0 amide bonds. The van der Waals surface area contributed by atoms with Crippen LogP contribution in [0.3, 0.4) is 0 Å². The van der Waals surface area contributed by atoms with Gasteiger partial charge in [-0.15, -0.1) is 0 Å². The SMILES string of the molecule is CCCNCc1nc(C(C)C)ncc1N(C)CCC(C)C. The molecule has 0 spiro atoms. The summed E-state index contributed by atoms with van der Waals surface area (Å²) in [6.45, 7) is 13.9. The standard InChI is InChI=1S/C17H32N4/c1-7-9-18-11-15-16(21(6)10-8-13(2)3)12-19-17(20-15)14(4)5/h12-14,18H,7-11H2,1-6H3. The number of nitrogens with one attached hydrogen (secondary N) is 1. The van der Waals surface area contributed by atoms with Gasteiger partial charge in [0.05, 0.1) is 17.6 Å². The number of nitrogens with zero attached hydrogens (tertiary/aromatic N) is 3. The molecule has 4 nitrogen and oxygen atoms in total. The number of hydrogen-bond acceptors (Lipinski definition) is 4. The number of aromatic nitrogens is 2. The van der Waals surface area contributed by atoms with Gasteiger partial charge in [0.1, 0.15) is 5.82 Å². The van der Waals surface area contributed by atoms with Crippen LogP contribution in [0.25, 0.3) is 0 Å². The van der Waals surface area contributed by atoms with Crippen LogP contribution in [0, 0.1) is 5.92 Å². The molecule has 0 aromatic carbocycles. The zero-order valence-corrected chi connectivity index (χ0v) is 14.6. The predicted molar refractivity (Wildman–Crippen MR) is 90.8 cm³/mol. The van der Waals surface area contributed by atoms with E-state index in [1.807, 2.05) is 6.20 Å². The topological polar surface area (TPSA) is 41.1 Å². The van der Waals surface area contributed by atoms with E-state index in [1.54, 1.807) is 0 Å². The molecule has 0 aliphatic carbocycles. The Balaban J connectivity index is 2.88. The molecule has 120 valence electrons. The first kappa shape index (κ1) is 17.9. The lowest BCUT2D eigenvalue weighted by molar-refractivity contribution is 0.581. The second kappa shape index (κ2) is 8.98. The van der Waals surface area contributed by atoms with Crippen molar-refractivity contribution in [2.24, 2.45) is 5.92 Å². The maximum absolute atomic E-state index is 4.78. The summed E-state index contributed by atoms with van der Waals surface area (Å²) in [5.41, 5.74) is 2.28. The van der Waals surface area contributed by atoms with E-state index < -0.39 is 0 Å². The van der Waals surface area contributed by atoms with Crippen LogP contribution in [0.15, 0.2) is 6.20 Å². The molecule has 0 aliphatic heterocycles. The third-order valence-corrected chi connectivity index (χ3v) is 3.55. The molecule has 0 fully saturated rings. The predicted octanol–water partition coefficient (Wildman–Crippen LogP) is 3.58. The molecule has 1 aromatic heterocycles. The Hall–Kier alpha value is -1.16. The molecule has 0 bridgehead atoms. The van der Waals surface area contributed by atoms with E-state index >= 15 is 0 Å². The summed E-state index contributed by atoms with van der Waals surface area (Å²) in [5, 5.41) is 3.46. The first-order chi connectivity index (χ1) is 9.95. The Kier molecular flexibility index (Phi) is 7.65. The van der Waals surface area contributed by atoms with E-state index in [0.29, 0.717) is 11.8 Å². The first-order valence-electron chi connectivity index (χ1n) is 8.23. The van der Waals surface area contributed by atoms with Gasteiger partial charge >= 0.3 is 0 Å². The van der Waals surface area contributed by atoms with Crippen LogP contribution >= 0.6 is 0 Å². The molecule has 0 saturated carbocycles. The average Bonchev–Trinajstić information content (AvgIpc) is 2.44. The lowest BCUT2D eigenvalue weighted by Crippen LogP contribution is -2.25. The minimum atomic E-state index is 0.366. The van der Waals surface area contributed by atoms with Gasteiger partial charge in [-0.3, -0.25) is 0 Å². The highest BCUT2D eigenvalue weighted by molar-refractivity contribution is 5.48. The fourth-order valence-corrected chi connectivity index (χ4v) is 2.11. The summed E-state index contributed by atoms with van der Waals surface area (Å²) in [6, 6.07) is 0. The Morgan fingerprint density at radius 2 is 1.95 bits per heavy atom. The van der Waals surface area contributed by atoms with Crippen LogP contribution < -0.4 is 10.2 Å². The van der Waals surface area contributed by atoms with Crippen LogP contribution in [0.5, 0.6) is 0 Å². The van der Waals surface area contributed by atoms with Gasteiger partial charge in [0.15, 0.2) is 0 Å². The molecule has 0 unspecified atom stereocenters. The highest BCUT2D eigenvalue weighted by atomic mass is 15.1. The maximum Gasteiger partial charge on any atom is 0.131 e. The van der Waals surface area contributed by atoms with Crippen molar-refractivity contribution in [3.8, 4) is 0 Å². The van der Waals surface area contributed by atoms with Crippen molar-refractivity contribution in [1.82, 2.24) is 15.3 Å². The molecule has 21 heavy (non-hydrogen) atoms. The van der Waals surface area contributed by atoms with Crippen LogP contribution in [0.1, 0.15) is 64.9 Å². The van der Waals surface area contributed by atoms with Crippen LogP contribution in [0.4, 0.5) is 5.69 Å². The zero-order valence-electron chi connectivity index (χ0n) is 14.6. The largest absolute Gasteiger partial charge is 0.372 e. The highest BCUT2D eigenvalue weighted by Gasteiger charge is 2.13. The fourth-order valence-electron chi connectivity index (χ4n) is 2.11. The van der Waals surface area contributed by atoms with E-state index in [0.717, 1.165) is 43.3 Å². The monoisotopic (exact) mass is 292 g/mol. The lowest BCUT2D eigenvalue weighted by Gasteiger charge is -2.23. The van der Waals surface area contributed by atoms with Crippen molar-refractivity contribution < 1.29 is 0 Å². The second-order valence-corrected chi connectivity index (χ2v) is 6.50. The van der Waals surface area contributed by atoms with E-state index in [9.17, 15) is 0 Å². The summed E-state index contributed by atoms with van der Waals surface area (Å²) in [6.07, 6.45) is 4.32. The smallest absolute Gasteiger partial charge is 0.131 e. The quantitative estimate of drug-likeness (QED) is 0.706. The molecule has 0 saturated heterocycles. The number of hydrogen-bond donors (Lipinski definition) is 1. The Morgan fingerprint density at radius 1 is 1.24 bits per heavy atom. The summed E-state index contributed by atoms with van der Waals surface area (Å²) < 4.78 is 0. The van der Waals surface area contributed by atoms with Gasteiger partial charge in [0.25, 0.3) is 0 Å². The Labute approximate surface area is 130 Å². The molecular formula is C17H32N4. The lowest BCUT2D eigenvalue weighted by atomic mass is 10.1. The molecule has 0 atom stereocenters. The van der Waals surface area contributed by atoms with Crippen molar-refractivity contribution in [3.63, 3.8) is 0 Å². The van der Waals surface area contributed by atoms with Crippen molar-refractivity contribution in [3.05, 3.63) is 17.7 Å². The van der Waals surface area contributed by atoms with Gasteiger partial charge in [0.2, 0.25) is 0 Å². The molecular weight excluding hydrogens is 260 g/mol. The third kappa shape index (κ3) is 6.00. The van der Waals surface area contributed by atoms with E-state index in [1.165, 1.54) is 6.42 Å². The third-order valence-electron chi connectivity index (χ3n) is 3.55. The van der Waals surface area contributed by atoms with Gasteiger partial charge in [-0.2, -0.15) is 0 Å². The van der Waals surface area contributed by atoms with Gasteiger partial charge < -0.3 is 10.2 Å². The number of rotatable bonds is 9. The summed E-state index contributed by atoms with van der Waals surface area (Å²) >= 11 is 0. The molecule has 0 radical (unpaired) electrons. The van der Waals surface area contributed by atoms with Gasteiger partial charge in [0, 0.05) is 26.1 Å². The highest BCUT2D eigenvalue weighted by Crippen LogP contribution is 2.20. The van der Waals surface area contributed by atoms with Gasteiger partial charge in [-0.25, -0.2) is 9.97 Å². The van der Waals surface area contributed by atoms with E-state index in [4.69, 9.17) is 4.98 Å². The number of anilines is 1. The Morgan fingerprint density at radius 3 is 2.52 bits per heavy atom. The molecule has 1 N–H and O–H groups in total.